The Kier molecular flexibility index (Phi) is 4.64. The van der Waals surface area contributed by atoms with Crippen molar-refractivity contribution >= 4 is 34.1 Å². The van der Waals surface area contributed by atoms with E-state index in [9.17, 15) is 4.79 Å². The number of rotatable bonds is 4. The Morgan fingerprint density at radius 1 is 0.900 bits per heavy atom. The Morgan fingerprint density at radius 2 is 1.57 bits per heavy atom. The number of fused-ring (bicyclic) bond motifs is 2. The van der Waals surface area contributed by atoms with Gasteiger partial charge in [0.25, 0.3) is 0 Å². The number of Topliss-reactive ketones (excluding diaryl/α,β-unsaturated/α-hetero) is 1. The molecule has 5 rings (SSSR count). The second-order valence-corrected chi connectivity index (χ2v) is 7.68. The zero-order valence-electron chi connectivity index (χ0n) is 16.8. The van der Waals surface area contributed by atoms with Gasteiger partial charge in [-0.15, -0.1) is 0 Å². The molecule has 0 radical (unpaired) electrons. The normalized spacial score (nSPS) is 15.6. The largest absolute Gasteiger partial charge is 0.333 e. The van der Waals surface area contributed by atoms with Crippen LogP contribution in [0.1, 0.15) is 36.2 Å². The fraction of sp³-hybridized carbons (Fsp3) is 0.111. The average molecular weight is 390 g/mol. The van der Waals surface area contributed by atoms with Gasteiger partial charge in [0.2, 0.25) is 0 Å². The molecule has 3 heteroatoms. The molecule has 0 amide bonds. The van der Waals surface area contributed by atoms with Crippen LogP contribution in [0.4, 0.5) is 5.69 Å². The van der Waals surface area contributed by atoms with Gasteiger partial charge in [0, 0.05) is 23.1 Å². The van der Waals surface area contributed by atoms with Gasteiger partial charge in [-0.25, -0.2) is 4.98 Å². The summed E-state index contributed by atoms with van der Waals surface area (Å²) in [5.74, 6) is 0.161. The van der Waals surface area contributed by atoms with Gasteiger partial charge >= 0.3 is 0 Å². The van der Waals surface area contributed by atoms with E-state index in [0.29, 0.717) is 6.42 Å². The SMILES string of the molecule is CC(=O)CC1c2cc3ccccc3nc2C=C(c2ccccc2)N1c1ccccc1. The Hall–Kier alpha value is -3.72. The molecule has 2 heterocycles. The number of hydrogen-bond donors (Lipinski definition) is 0. The highest BCUT2D eigenvalue weighted by molar-refractivity contribution is 5.96. The minimum Gasteiger partial charge on any atom is -0.333 e. The Morgan fingerprint density at radius 3 is 2.30 bits per heavy atom. The summed E-state index contributed by atoms with van der Waals surface area (Å²) in [6.45, 7) is 1.66. The molecule has 4 aromatic rings. The number of pyridine rings is 1. The van der Waals surface area contributed by atoms with E-state index in [4.69, 9.17) is 4.98 Å². The standard InChI is InChI=1S/C27H22N2O/c1-19(30)16-27-23-17-21-12-8-9-15-24(21)28-25(23)18-26(20-10-4-2-5-11-20)29(27)22-13-6-3-7-14-22/h2-15,17-18,27H,16H2,1H3. The molecule has 0 spiro atoms. The van der Waals surface area contributed by atoms with Crippen LogP contribution in [0, 0.1) is 0 Å². The van der Waals surface area contributed by atoms with E-state index in [2.05, 4.69) is 47.4 Å². The third kappa shape index (κ3) is 3.29. The smallest absolute Gasteiger partial charge is 0.132 e. The van der Waals surface area contributed by atoms with Crippen molar-refractivity contribution < 1.29 is 4.79 Å². The van der Waals surface area contributed by atoms with Gasteiger partial charge in [-0.1, -0.05) is 66.7 Å². The van der Waals surface area contributed by atoms with Crippen molar-refractivity contribution in [2.24, 2.45) is 0 Å². The van der Waals surface area contributed by atoms with Gasteiger partial charge in [-0.3, -0.25) is 4.79 Å². The van der Waals surface area contributed by atoms with Crippen LogP contribution in [0.2, 0.25) is 0 Å². The third-order valence-corrected chi connectivity index (χ3v) is 5.57. The summed E-state index contributed by atoms with van der Waals surface area (Å²) in [5, 5.41) is 1.09. The van der Waals surface area contributed by atoms with Crippen LogP contribution in [0.25, 0.3) is 22.7 Å². The summed E-state index contributed by atoms with van der Waals surface area (Å²) >= 11 is 0. The van der Waals surface area contributed by atoms with Crippen LogP contribution < -0.4 is 4.90 Å². The van der Waals surface area contributed by atoms with E-state index in [1.165, 1.54) is 0 Å². The number of ketones is 1. The number of carbonyl (C=O) groups excluding carboxylic acids is 1. The van der Waals surface area contributed by atoms with Gasteiger partial charge < -0.3 is 4.90 Å². The summed E-state index contributed by atoms with van der Waals surface area (Å²) in [6, 6.07) is 30.9. The third-order valence-electron chi connectivity index (χ3n) is 5.57. The van der Waals surface area contributed by atoms with Crippen molar-refractivity contribution in [3.05, 3.63) is 108 Å². The van der Waals surface area contributed by atoms with Crippen LogP contribution >= 0.6 is 0 Å². The molecule has 3 aromatic carbocycles. The predicted molar refractivity (Wildman–Crippen MR) is 123 cm³/mol. The molecule has 0 saturated carbocycles. The number of hydrogen-bond acceptors (Lipinski definition) is 3. The number of benzene rings is 3. The molecule has 30 heavy (non-hydrogen) atoms. The van der Waals surface area contributed by atoms with Crippen LogP contribution in [-0.4, -0.2) is 10.8 Å². The maximum absolute atomic E-state index is 12.3. The molecule has 1 unspecified atom stereocenters. The number of para-hydroxylation sites is 2. The lowest BCUT2D eigenvalue weighted by atomic mass is 9.90. The molecular weight excluding hydrogens is 368 g/mol. The first kappa shape index (κ1) is 18.3. The van der Waals surface area contributed by atoms with E-state index in [1.807, 2.05) is 54.6 Å². The number of carbonyl (C=O) groups is 1. The highest BCUT2D eigenvalue weighted by atomic mass is 16.1. The summed E-state index contributed by atoms with van der Waals surface area (Å²) in [7, 11) is 0. The van der Waals surface area contributed by atoms with Gasteiger partial charge in [-0.2, -0.15) is 0 Å². The molecule has 1 aromatic heterocycles. The Labute approximate surface area is 176 Å². The summed E-state index contributed by atoms with van der Waals surface area (Å²) in [6.07, 6.45) is 2.58. The van der Waals surface area contributed by atoms with Crippen molar-refractivity contribution in [3.63, 3.8) is 0 Å². The summed E-state index contributed by atoms with van der Waals surface area (Å²) < 4.78 is 0. The van der Waals surface area contributed by atoms with Gasteiger partial charge in [0.1, 0.15) is 5.78 Å². The number of aromatic nitrogens is 1. The van der Waals surface area contributed by atoms with Crippen LogP contribution in [0.5, 0.6) is 0 Å². The maximum atomic E-state index is 12.3. The lowest BCUT2D eigenvalue weighted by molar-refractivity contribution is -0.117. The first-order valence-electron chi connectivity index (χ1n) is 10.2. The van der Waals surface area contributed by atoms with Crippen LogP contribution in [0.3, 0.4) is 0 Å². The van der Waals surface area contributed by atoms with Crippen molar-refractivity contribution in [3.8, 4) is 0 Å². The zero-order chi connectivity index (χ0) is 20.5. The summed E-state index contributed by atoms with van der Waals surface area (Å²) in [4.78, 5) is 19.6. The predicted octanol–water partition coefficient (Wildman–Crippen LogP) is 6.27. The van der Waals surface area contributed by atoms with E-state index in [-0.39, 0.29) is 11.8 Å². The fourth-order valence-electron chi connectivity index (χ4n) is 4.25. The molecule has 1 aliphatic heterocycles. The Balaban J connectivity index is 1.79. The molecule has 0 saturated heterocycles. The van der Waals surface area contributed by atoms with Gasteiger partial charge in [0.05, 0.1) is 22.9 Å². The average Bonchev–Trinajstić information content (AvgIpc) is 2.78. The molecule has 3 nitrogen and oxygen atoms in total. The van der Waals surface area contributed by atoms with E-state index >= 15 is 0 Å². The van der Waals surface area contributed by atoms with Crippen molar-refractivity contribution in [1.82, 2.24) is 4.98 Å². The lowest BCUT2D eigenvalue weighted by Gasteiger charge is -2.39. The number of nitrogens with zero attached hydrogens (tertiary/aromatic N) is 2. The van der Waals surface area contributed by atoms with Crippen LogP contribution in [0.15, 0.2) is 91.0 Å². The molecule has 0 N–H and O–H groups in total. The van der Waals surface area contributed by atoms with Crippen LogP contribution in [-0.2, 0) is 4.79 Å². The maximum Gasteiger partial charge on any atom is 0.132 e. The quantitative estimate of drug-likeness (QED) is 0.411. The highest BCUT2D eigenvalue weighted by Gasteiger charge is 2.32. The molecule has 1 atom stereocenters. The van der Waals surface area contributed by atoms with Crippen molar-refractivity contribution in [2.75, 3.05) is 4.90 Å². The second kappa shape index (κ2) is 7.60. The van der Waals surface area contributed by atoms with E-state index in [0.717, 1.165) is 39.1 Å². The topological polar surface area (TPSA) is 33.2 Å². The van der Waals surface area contributed by atoms with E-state index in [1.54, 1.807) is 6.92 Å². The highest BCUT2D eigenvalue weighted by Crippen LogP contribution is 2.43. The molecule has 0 bridgehead atoms. The molecule has 1 aliphatic rings. The molecule has 0 aliphatic carbocycles. The van der Waals surface area contributed by atoms with E-state index < -0.39 is 0 Å². The van der Waals surface area contributed by atoms with Crippen molar-refractivity contribution in [2.45, 2.75) is 19.4 Å². The molecular formula is C27H22N2O. The molecule has 0 fully saturated rings. The lowest BCUT2D eigenvalue weighted by Crippen LogP contribution is -2.32. The first-order chi connectivity index (χ1) is 14.7. The fourth-order valence-corrected chi connectivity index (χ4v) is 4.25. The van der Waals surface area contributed by atoms with Crippen molar-refractivity contribution in [1.29, 1.82) is 0 Å². The second-order valence-electron chi connectivity index (χ2n) is 7.68. The molecule has 146 valence electrons. The zero-order valence-corrected chi connectivity index (χ0v) is 16.8. The number of anilines is 1. The minimum atomic E-state index is -0.114. The first-order valence-corrected chi connectivity index (χ1v) is 10.2. The van der Waals surface area contributed by atoms with Gasteiger partial charge in [-0.05, 0) is 42.8 Å². The van der Waals surface area contributed by atoms with Gasteiger partial charge in [0.15, 0.2) is 0 Å². The minimum absolute atomic E-state index is 0.114. The Bertz CT molecular complexity index is 1250. The summed E-state index contributed by atoms with van der Waals surface area (Å²) in [5.41, 5.74) is 6.23. The monoisotopic (exact) mass is 390 g/mol.